The van der Waals surface area contributed by atoms with Crippen molar-refractivity contribution >= 4 is 17.3 Å². The van der Waals surface area contributed by atoms with E-state index in [1.165, 1.54) is 0 Å². The number of nitrogens with zero attached hydrogens (tertiary/aromatic N) is 2. The van der Waals surface area contributed by atoms with Gasteiger partial charge in [0, 0.05) is 24.4 Å². The molecule has 0 bridgehead atoms. The van der Waals surface area contributed by atoms with Crippen molar-refractivity contribution in [2.45, 2.75) is 40.0 Å². The molecule has 1 aliphatic heterocycles. The summed E-state index contributed by atoms with van der Waals surface area (Å²) in [6.45, 7) is 10.5. The Kier molecular flexibility index (Phi) is 6.61. The summed E-state index contributed by atoms with van der Waals surface area (Å²) < 4.78 is 0. The Bertz CT molecular complexity index is 547. The lowest BCUT2D eigenvalue weighted by atomic mass is 9.95. The molecule has 21 heavy (non-hydrogen) atoms. The molecule has 0 spiro atoms. The second-order valence-corrected chi connectivity index (χ2v) is 5.25. The molecule has 0 saturated carbocycles. The molecule has 0 radical (unpaired) electrons. The van der Waals surface area contributed by atoms with Crippen LogP contribution in [0.1, 0.15) is 40.0 Å². The number of carbonyl (C=O) groups excluding carboxylic acids is 1. The number of carbonyl (C=O) groups is 1. The Balaban J connectivity index is 2.81. The maximum atomic E-state index is 12.0. The minimum absolute atomic E-state index is 0.0642. The zero-order chi connectivity index (χ0) is 15.8. The van der Waals surface area contributed by atoms with Crippen LogP contribution in [-0.4, -0.2) is 23.9 Å². The third kappa shape index (κ3) is 5.03. The molecular formula is C17H23N3O. The summed E-state index contributed by atoms with van der Waals surface area (Å²) in [5, 5.41) is 2.78. The zero-order valence-corrected chi connectivity index (χ0v) is 13.1. The number of rotatable bonds is 7. The Labute approximate surface area is 127 Å². The van der Waals surface area contributed by atoms with E-state index in [1.807, 2.05) is 13.8 Å². The number of nitrogens with one attached hydrogen (secondary N) is 1. The third-order valence-corrected chi connectivity index (χ3v) is 3.22. The number of amides is 1. The lowest BCUT2D eigenvalue weighted by molar-refractivity contribution is -0.114. The zero-order valence-electron chi connectivity index (χ0n) is 13.1. The molecule has 1 atom stereocenters. The van der Waals surface area contributed by atoms with Gasteiger partial charge in [-0.05, 0) is 32.6 Å². The van der Waals surface area contributed by atoms with Crippen LogP contribution in [-0.2, 0) is 4.79 Å². The van der Waals surface area contributed by atoms with E-state index in [1.54, 1.807) is 6.20 Å². The van der Waals surface area contributed by atoms with Crippen LogP contribution < -0.4 is 5.32 Å². The number of hydrogen-bond acceptors (Lipinski definition) is 3. The summed E-state index contributed by atoms with van der Waals surface area (Å²) in [7, 11) is 0. The normalized spacial score (nSPS) is 17.8. The van der Waals surface area contributed by atoms with Gasteiger partial charge in [0.25, 0.3) is 5.91 Å². The van der Waals surface area contributed by atoms with Crippen molar-refractivity contribution in [3.8, 4) is 12.3 Å². The summed E-state index contributed by atoms with van der Waals surface area (Å²) in [5.41, 5.74) is 2.86. The van der Waals surface area contributed by atoms with Gasteiger partial charge in [-0.25, -0.2) is 4.99 Å². The molecule has 4 nitrogen and oxygen atoms in total. The van der Waals surface area contributed by atoms with Gasteiger partial charge in [-0.2, -0.15) is 0 Å². The van der Waals surface area contributed by atoms with Gasteiger partial charge in [-0.3, -0.25) is 9.79 Å². The van der Waals surface area contributed by atoms with Crippen LogP contribution in [0.2, 0.25) is 0 Å². The van der Waals surface area contributed by atoms with Crippen molar-refractivity contribution in [1.82, 2.24) is 5.32 Å². The first-order valence-corrected chi connectivity index (χ1v) is 7.21. The van der Waals surface area contributed by atoms with Crippen LogP contribution in [0.15, 0.2) is 34.0 Å². The van der Waals surface area contributed by atoms with E-state index in [9.17, 15) is 4.79 Å². The number of unbranched alkanes of at least 4 members (excludes halogenated alkanes) is 1. The average Bonchev–Trinajstić information content (AvgIpc) is 2.77. The highest BCUT2D eigenvalue weighted by atomic mass is 16.1. The highest BCUT2D eigenvalue weighted by molar-refractivity contribution is 6.45. The topological polar surface area (TPSA) is 53.8 Å². The molecule has 0 fully saturated rings. The molecule has 0 aromatic heterocycles. The van der Waals surface area contributed by atoms with E-state index in [0.717, 1.165) is 36.2 Å². The molecule has 0 aliphatic carbocycles. The van der Waals surface area contributed by atoms with Crippen molar-refractivity contribution in [2.75, 3.05) is 6.54 Å². The van der Waals surface area contributed by atoms with Gasteiger partial charge < -0.3 is 5.32 Å². The SMILES string of the molecule is C#CC(=NC1=CN=C(C)C1CC(=C)C)C(=O)NCCCC. The largest absolute Gasteiger partial charge is 0.350 e. The highest BCUT2D eigenvalue weighted by Crippen LogP contribution is 2.27. The summed E-state index contributed by atoms with van der Waals surface area (Å²) in [6, 6.07) is 0. The molecule has 1 N–H and O–H groups in total. The minimum Gasteiger partial charge on any atom is -0.350 e. The fraction of sp³-hybridized carbons (Fsp3) is 0.471. The minimum atomic E-state index is -0.300. The monoisotopic (exact) mass is 285 g/mol. The summed E-state index contributed by atoms with van der Waals surface area (Å²) in [6.07, 6.45) is 9.80. The van der Waals surface area contributed by atoms with Gasteiger partial charge in [0.05, 0.1) is 5.70 Å². The highest BCUT2D eigenvalue weighted by Gasteiger charge is 2.23. The molecule has 0 aromatic carbocycles. The Morgan fingerprint density at radius 2 is 2.33 bits per heavy atom. The Hall–Kier alpha value is -2.15. The van der Waals surface area contributed by atoms with Gasteiger partial charge in [0.15, 0.2) is 5.71 Å². The molecule has 1 unspecified atom stereocenters. The van der Waals surface area contributed by atoms with Crippen LogP contribution in [0.25, 0.3) is 0 Å². The Morgan fingerprint density at radius 3 is 2.90 bits per heavy atom. The Morgan fingerprint density at radius 1 is 1.62 bits per heavy atom. The molecule has 1 amide bonds. The van der Waals surface area contributed by atoms with Gasteiger partial charge >= 0.3 is 0 Å². The third-order valence-electron chi connectivity index (χ3n) is 3.22. The smallest absolute Gasteiger partial charge is 0.278 e. The van der Waals surface area contributed by atoms with Crippen LogP contribution in [0, 0.1) is 18.3 Å². The van der Waals surface area contributed by atoms with E-state index in [0.29, 0.717) is 6.54 Å². The van der Waals surface area contributed by atoms with Crippen molar-refractivity contribution in [2.24, 2.45) is 15.9 Å². The lowest BCUT2D eigenvalue weighted by Gasteiger charge is -2.13. The maximum absolute atomic E-state index is 12.0. The summed E-state index contributed by atoms with van der Waals surface area (Å²) >= 11 is 0. The van der Waals surface area contributed by atoms with Crippen LogP contribution >= 0.6 is 0 Å². The van der Waals surface area contributed by atoms with Crippen molar-refractivity contribution < 1.29 is 4.79 Å². The predicted molar refractivity (Wildman–Crippen MR) is 88.3 cm³/mol. The standard InChI is InChI=1S/C17H23N3O/c1-6-8-9-18-17(21)15(7-2)20-16-11-19-13(5)14(16)10-12(3)4/h2,11,14H,3,6,8-10H2,1,4-5H3,(H,18,21). The average molecular weight is 285 g/mol. The van der Waals surface area contributed by atoms with Gasteiger partial charge in [-0.15, -0.1) is 13.0 Å². The van der Waals surface area contributed by atoms with Gasteiger partial charge in [0.1, 0.15) is 0 Å². The molecular weight excluding hydrogens is 262 g/mol. The van der Waals surface area contributed by atoms with Crippen LogP contribution in [0.4, 0.5) is 0 Å². The summed E-state index contributed by atoms with van der Waals surface area (Å²) in [5.74, 6) is 2.13. The van der Waals surface area contributed by atoms with Crippen molar-refractivity contribution in [1.29, 1.82) is 0 Å². The molecule has 1 heterocycles. The fourth-order valence-electron chi connectivity index (χ4n) is 2.01. The van der Waals surface area contributed by atoms with E-state index >= 15 is 0 Å². The lowest BCUT2D eigenvalue weighted by Crippen LogP contribution is -2.31. The first kappa shape index (κ1) is 16.9. The first-order chi connectivity index (χ1) is 9.99. The molecule has 0 saturated heterocycles. The molecule has 0 aromatic rings. The van der Waals surface area contributed by atoms with E-state index in [-0.39, 0.29) is 17.5 Å². The van der Waals surface area contributed by atoms with Crippen molar-refractivity contribution in [3.05, 3.63) is 24.0 Å². The predicted octanol–water partition coefficient (Wildman–Crippen LogP) is 2.88. The second-order valence-electron chi connectivity index (χ2n) is 5.25. The quantitative estimate of drug-likeness (QED) is 0.332. The van der Waals surface area contributed by atoms with Crippen LogP contribution in [0.3, 0.4) is 0 Å². The van der Waals surface area contributed by atoms with E-state index < -0.39 is 0 Å². The van der Waals surface area contributed by atoms with Gasteiger partial charge in [0.2, 0.25) is 0 Å². The van der Waals surface area contributed by atoms with Gasteiger partial charge in [-0.1, -0.05) is 18.9 Å². The number of terminal acetylenes is 1. The van der Waals surface area contributed by atoms with E-state index in [2.05, 4.69) is 34.7 Å². The van der Waals surface area contributed by atoms with Crippen molar-refractivity contribution in [3.63, 3.8) is 0 Å². The molecule has 4 heteroatoms. The fourth-order valence-corrected chi connectivity index (χ4v) is 2.01. The number of allylic oxidation sites excluding steroid dienone is 2. The van der Waals surface area contributed by atoms with Crippen LogP contribution in [0.5, 0.6) is 0 Å². The summed E-state index contributed by atoms with van der Waals surface area (Å²) in [4.78, 5) is 20.6. The first-order valence-electron chi connectivity index (χ1n) is 7.21. The molecule has 1 rings (SSSR count). The second kappa shape index (κ2) is 8.21. The molecule has 1 aliphatic rings. The molecule has 112 valence electrons. The number of aliphatic imine (C=N–C) groups is 2. The maximum Gasteiger partial charge on any atom is 0.278 e. The number of hydrogen-bond donors (Lipinski definition) is 1. The van der Waals surface area contributed by atoms with E-state index in [4.69, 9.17) is 6.42 Å².